The minimum Gasteiger partial charge on any atom is -0.449 e. The molecule has 0 saturated carbocycles. The number of hydrogen-bond donors (Lipinski definition) is 0. The van der Waals surface area contributed by atoms with Gasteiger partial charge < -0.3 is 9.15 Å². The molecule has 1 aliphatic carbocycles. The quantitative estimate of drug-likeness (QED) is 0.198. The lowest BCUT2D eigenvalue weighted by Crippen LogP contribution is -2.24. The van der Waals surface area contributed by atoms with Gasteiger partial charge in [0, 0.05) is 22.3 Å². The summed E-state index contributed by atoms with van der Waals surface area (Å²) in [5.41, 5.74) is 0.0657. The molecule has 0 aliphatic heterocycles. The van der Waals surface area contributed by atoms with E-state index in [1.54, 1.807) is 24.3 Å². The van der Waals surface area contributed by atoms with E-state index in [0.717, 1.165) is 11.6 Å². The Hall–Kier alpha value is -4.99. The Morgan fingerprint density at radius 1 is 0.944 bits per heavy atom. The first kappa shape index (κ1) is 22.8. The average Bonchev–Trinajstić information content (AvgIpc) is 3.37. The standard InChI is InChI=1S/C26H17N3O7/c1-13-7-9-15(10-8-13)25-28-27-24(36-25)14(2)35-26(32)19-12-11-18-20(21(19)29(33)34)23(31)17-6-4-3-5-16(17)22(18)30/h3-12,14H,1-2H3. The van der Waals surface area contributed by atoms with Crippen molar-refractivity contribution in [1.82, 2.24) is 10.2 Å². The van der Waals surface area contributed by atoms with E-state index in [0.29, 0.717) is 5.56 Å². The Morgan fingerprint density at radius 3 is 2.28 bits per heavy atom. The van der Waals surface area contributed by atoms with Gasteiger partial charge in [-0.05, 0) is 38.1 Å². The summed E-state index contributed by atoms with van der Waals surface area (Å²) < 4.78 is 11.0. The van der Waals surface area contributed by atoms with Gasteiger partial charge in [-0.1, -0.05) is 42.0 Å². The summed E-state index contributed by atoms with van der Waals surface area (Å²) in [5.74, 6) is -2.12. The SMILES string of the molecule is Cc1ccc(-c2nnc(C(C)OC(=O)c3ccc4c(c3[N+](=O)[O-])C(=O)c3ccccc3C4=O)o2)cc1. The highest BCUT2D eigenvalue weighted by Crippen LogP contribution is 2.36. The van der Waals surface area contributed by atoms with E-state index in [9.17, 15) is 24.5 Å². The predicted octanol–water partition coefficient (Wildman–Crippen LogP) is 4.65. The van der Waals surface area contributed by atoms with Crippen molar-refractivity contribution in [3.05, 3.63) is 110 Å². The van der Waals surface area contributed by atoms with Crippen molar-refractivity contribution < 1.29 is 28.5 Å². The van der Waals surface area contributed by atoms with Gasteiger partial charge in [0.1, 0.15) is 11.1 Å². The van der Waals surface area contributed by atoms with Crippen molar-refractivity contribution in [3.8, 4) is 11.5 Å². The molecule has 4 aromatic rings. The van der Waals surface area contributed by atoms with Gasteiger partial charge in [0.05, 0.1) is 4.92 Å². The van der Waals surface area contributed by atoms with Crippen LogP contribution in [0.1, 0.15) is 66.7 Å². The Balaban J connectivity index is 1.47. The van der Waals surface area contributed by atoms with Gasteiger partial charge >= 0.3 is 5.97 Å². The fourth-order valence-electron chi connectivity index (χ4n) is 4.01. The number of carbonyl (C=O) groups is 3. The molecule has 1 aromatic heterocycles. The van der Waals surface area contributed by atoms with Crippen LogP contribution in [0.5, 0.6) is 0 Å². The number of nitrogens with zero attached hydrogens (tertiary/aromatic N) is 3. The van der Waals surface area contributed by atoms with Crippen LogP contribution in [-0.2, 0) is 4.74 Å². The summed E-state index contributed by atoms with van der Waals surface area (Å²) >= 11 is 0. The molecule has 0 bridgehead atoms. The van der Waals surface area contributed by atoms with Crippen LogP contribution < -0.4 is 0 Å². The van der Waals surface area contributed by atoms with E-state index in [1.807, 2.05) is 19.1 Å². The van der Waals surface area contributed by atoms with Crippen LogP contribution in [0.2, 0.25) is 0 Å². The summed E-state index contributed by atoms with van der Waals surface area (Å²) in [6.07, 6.45) is -1.04. The van der Waals surface area contributed by atoms with Crippen LogP contribution >= 0.6 is 0 Å². The number of rotatable bonds is 5. The number of aryl methyl sites for hydroxylation is 1. The van der Waals surface area contributed by atoms with E-state index >= 15 is 0 Å². The number of nitro benzene ring substituents is 1. The molecule has 5 rings (SSSR count). The first-order valence-corrected chi connectivity index (χ1v) is 10.9. The second-order valence-electron chi connectivity index (χ2n) is 8.20. The molecule has 36 heavy (non-hydrogen) atoms. The number of carbonyl (C=O) groups excluding carboxylic acids is 3. The van der Waals surface area contributed by atoms with Gasteiger partial charge in [-0.3, -0.25) is 19.7 Å². The number of esters is 1. The van der Waals surface area contributed by atoms with Crippen molar-refractivity contribution in [3.63, 3.8) is 0 Å². The molecule has 0 radical (unpaired) electrons. The maximum absolute atomic E-state index is 13.1. The molecule has 3 aromatic carbocycles. The molecule has 0 saturated heterocycles. The molecule has 0 N–H and O–H groups in total. The topological polar surface area (TPSA) is 142 Å². The average molecular weight is 483 g/mol. The fourth-order valence-corrected chi connectivity index (χ4v) is 4.01. The summed E-state index contributed by atoms with van der Waals surface area (Å²) in [6, 6.07) is 15.7. The summed E-state index contributed by atoms with van der Waals surface area (Å²) in [4.78, 5) is 50.1. The first-order chi connectivity index (χ1) is 17.3. The van der Waals surface area contributed by atoms with E-state index in [-0.39, 0.29) is 28.5 Å². The van der Waals surface area contributed by atoms with Crippen molar-refractivity contribution in [2.45, 2.75) is 20.0 Å². The van der Waals surface area contributed by atoms with Crippen LogP contribution in [0.15, 0.2) is 65.1 Å². The molecule has 0 spiro atoms. The predicted molar refractivity (Wildman–Crippen MR) is 125 cm³/mol. The summed E-state index contributed by atoms with van der Waals surface area (Å²) in [6.45, 7) is 3.41. The monoisotopic (exact) mass is 483 g/mol. The Bertz CT molecular complexity index is 1570. The number of aromatic nitrogens is 2. The molecule has 178 valence electrons. The molecule has 10 nitrogen and oxygen atoms in total. The van der Waals surface area contributed by atoms with Crippen LogP contribution in [0.4, 0.5) is 5.69 Å². The second-order valence-corrected chi connectivity index (χ2v) is 8.20. The van der Waals surface area contributed by atoms with E-state index in [4.69, 9.17) is 9.15 Å². The highest BCUT2D eigenvalue weighted by molar-refractivity contribution is 6.30. The number of benzene rings is 3. The zero-order valence-electron chi connectivity index (χ0n) is 19.1. The second kappa shape index (κ2) is 8.66. The van der Waals surface area contributed by atoms with Gasteiger partial charge in [-0.2, -0.15) is 0 Å². The molecular formula is C26H17N3O7. The van der Waals surface area contributed by atoms with Gasteiger partial charge in [-0.15, -0.1) is 10.2 Å². The third-order valence-electron chi connectivity index (χ3n) is 5.84. The molecule has 0 fully saturated rings. The van der Waals surface area contributed by atoms with Gasteiger partial charge in [0.15, 0.2) is 11.9 Å². The van der Waals surface area contributed by atoms with Gasteiger partial charge in [0.25, 0.3) is 11.6 Å². The van der Waals surface area contributed by atoms with E-state index in [2.05, 4.69) is 10.2 Å². The van der Waals surface area contributed by atoms with Crippen molar-refractivity contribution >= 4 is 23.2 Å². The number of hydrogen-bond acceptors (Lipinski definition) is 9. The van der Waals surface area contributed by atoms with Crippen LogP contribution in [0.25, 0.3) is 11.5 Å². The number of ketones is 2. The summed E-state index contributed by atoms with van der Waals surface area (Å²) in [5, 5.41) is 19.9. The van der Waals surface area contributed by atoms with Crippen LogP contribution in [0, 0.1) is 17.0 Å². The lowest BCUT2D eigenvalue weighted by molar-refractivity contribution is -0.385. The fraction of sp³-hybridized carbons (Fsp3) is 0.115. The van der Waals surface area contributed by atoms with Crippen molar-refractivity contribution in [1.29, 1.82) is 0 Å². The molecule has 1 atom stereocenters. The van der Waals surface area contributed by atoms with E-state index < -0.39 is 45.4 Å². The van der Waals surface area contributed by atoms with Gasteiger partial charge in [0.2, 0.25) is 11.7 Å². The van der Waals surface area contributed by atoms with Crippen molar-refractivity contribution in [2.75, 3.05) is 0 Å². The zero-order chi connectivity index (χ0) is 25.6. The first-order valence-electron chi connectivity index (χ1n) is 10.9. The lowest BCUT2D eigenvalue weighted by Gasteiger charge is -2.18. The molecule has 1 heterocycles. The molecular weight excluding hydrogens is 466 g/mol. The number of fused-ring (bicyclic) bond motifs is 2. The number of nitro groups is 1. The van der Waals surface area contributed by atoms with E-state index in [1.165, 1.54) is 25.1 Å². The third-order valence-corrected chi connectivity index (χ3v) is 5.84. The molecule has 10 heteroatoms. The number of ether oxygens (including phenoxy) is 1. The maximum Gasteiger partial charge on any atom is 0.345 e. The highest BCUT2D eigenvalue weighted by Gasteiger charge is 2.39. The molecule has 1 aliphatic rings. The third kappa shape index (κ3) is 3.74. The largest absolute Gasteiger partial charge is 0.449 e. The minimum atomic E-state index is -1.08. The van der Waals surface area contributed by atoms with Gasteiger partial charge in [-0.25, -0.2) is 4.79 Å². The van der Waals surface area contributed by atoms with Crippen LogP contribution in [0.3, 0.4) is 0 Å². The molecule has 1 unspecified atom stereocenters. The Morgan fingerprint density at radius 2 is 1.61 bits per heavy atom. The highest BCUT2D eigenvalue weighted by atomic mass is 16.6. The smallest absolute Gasteiger partial charge is 0.345 e. The molecule has 0 amide bonds. The Kier molecular flexibility index (Phi) is 5.48. The zero-order valence-corrected chi connectivity index (χ0v) is 19.1. The van der Waals surface area contributed by atoms with Crippen molar-refractivity contribution in [2.24, 2.45) is 0 Å². The Labute approximate surface area is 203 Å². The maximum atomic E-state index is 13.1. The van der Waals surface area contributed by atoms with Crippen LogP contribution in [-0.4, -0.2) is 32.7 Å². The summed E-state index contributed by atoms with van der Waals surface area (Å²) in [7, 11) is 0. The minimum absolute atomic E-state index is 0.0141. The normalized spacial score (nSPS) is 13.1. The lowest BCUT2D eigenvalue weighted by atomic mass is 9.82.